The number of anilines is 1. The first-order chi connectivity index (χ1) is 10.1. The number of amides is 1. The smallest absolute Gasteiger partial charge is 0.404 e. The molecule has 1 fully saturated rings. The van der Waals surface area contributed by atoms with Gasteiger partial charge < -0.3 is 15.3 Å². The molecule has 1 amide bonds. The number of benzene rings is 1. The molecule has 1 aromatic heterocycles. The number of pyridine rings is 1. The molecule has 0 bridgehead atoms. The lowest BCUT2D eigenvalue weighted by Crippen LogP contribution is -2.44. The normalized spacial score (nSPS) is 16.1. The maximum absolute atomic E-state index is 10.7. The number of rotatable bonds is 2. The lowest BCUT2D eigenvalue weighted by atomic mass is 10.0. The van der Waals surface area contributed by atoms with Crippen LogP contribution in [0.15, 0.2) is 30.3 Å². The van der Waals surface area contributed by atoms with Crippen molar-refractivity contribution in [3.63, 3.8) is 0 Å². The van der Waals surface area contributed by atoms with Crippen LogP contribution in [0, 0.1) is 0 Å². The maximum Gasteiger partial charge on any atom is 0.404 e. The van der Waals surface area contributed by atoms with Crippen molar-refractivity contribution < 1.29 is 9.90 Å². The van der Waals surface area contributed by atoms with Crippen molar-refractivity contribution in [2.75, 3.05) is 18.0 Å². The van der Waals surface area contributed by atoms with E-state index in [2.05, 4.69) is 15.2 Å². The number of hydrogen-bond donors (Lipinski definition) is 2. The molecule has 2 heterocycles. The van der Waals surface area contributed by atoms with Gasteiger partial charge in [0.05, 0.1) is 0 Å². The molecule has 1 aliphatic rings. The topological polar surface area (TPSA) is 65.5 Å². The van der Waals surface area contributed by atoms with Gasteiger partial charge in [0.25, 0.3) is 0 Å². The predicted octanol–water partition coefficient (Wildman–Crippen LogP) is 3.12. The van der Waals surface area contributed by atoms with Gasteiger partial charge in [-0.15, -0.1) is 0 Å². The summed E-state index contributed by atoms with van der Waals surface area (Å²) >= 11 is 6.11. The van der Waals surface area contributed by atoms with Crippen LogP contribution < -0.4 is 10.2 Å². The van der Waals surface area contributed by atoms with Crippen molar-refractivity contribution in [2.24, 2.45) is 0 Å². The van der Waals surface area contributed by atoms with Gasteiger partial charge in [0, 0.05) is 24.5 Å². The average molecular weight is 306 g/mol. The molecule has 21 heavy (non-hydrogen) atoms. The van der Waals surface area contributed by atoms with Gasteiger partial charge in [0.15, 0.2) is 0 Å². The second-order valence-corrected chi connectivity index (χ2v) is 5.59. The van der Waals surface area contributed by atoms with E-state index >= 15 is 0 Å². The number of nitrogens with one attached hydrogen (secondary N) is 1. The molecule has 6 heteroatoms. The third-order valence-electron chi connectivity index (χ3n) is 3.81. The maximum atomic E-state index is 10.7. The summed E-state index contributed by atoms with van der Waals surface area (Å²) in [5.74, 6) is 0.881. The first-order valence-electron chi connectivity index (χ1n) is 6.93. The van der Waals surface area contributed by atoms with Crippen LogP contribution in [0.2, 0.25) is 5.15 Å². The van der Waals surface area contributed by atoms with E-state index in [4.69, 9.17) is 16.7 Å². The summed E-state index contributed by atoms with van der Waals surface area (Å²) in [7, 11) is 0. The van der Waals surface area contributed by atoms with Gasteiger partial charge in [-0.2, -0.15) is 0 Å². The Bertz CT molecular complexity index is 669. The molecule has 0 unspecified atom stereocenters. The first kappa shape index (κ1) is 13.9. The fourth-order valence-electron chi connectivity index (χ4n) is 2.80. The number of nitrogens with zero attached hydrogens (tertiary/aromatic N) is 2. The Morgan fingerprint density at radius 1 is 1.33 bits per heavy atom. The molecule has 5 nitrogen and oxygen atoms in total. The molecule has 2 N–H and O–H groups in total. The van der Waals surface area contributed by atoms with E-state index in [1.54, 1.807) is 0 Å². The number of carboxylic acid groups (broad SMARTS) is 1. The second-order valence-electron chi connectivity index (χ2n) is 5.20. The van der Waals surface area contributed by atoms with E-state index in [-0.39, 0.29) is 6.04 Å². The van der Waals surface area contributed by atoms with Crippen molar-refractivity contribution >= 4 is 34.3 Å². The highest BCUT2D eigenvalue weighted by Gasteiger charge is 2.22. The van der Waals surface area contributed by atoms with Crippen molar-refractivity contribution in [1.29, 1.82) is 0 Å². The van der Waals surface area contributed by atoms with Gasteiger partial charge in [-0.3, -0.25) is 0 Å². The Morgan fingerprint density at radius 3 is 2.76 bits per heavy atom. The van der Waals surface area contributed by atoms with Crippen LogP contribution in [0.4, 0.5) is 10.6 Å². The molecule has 3 rings (SSSR count). The van der Waals surface area contributed by atoms with Crippen LogP contribution in [0.25, 0.3) is 10.8 Å². The first-order valence-corrected chi connectivity index (χ1v) is 7.31. The lowest BCUT2D eigenvalue weighted by molar-refractivity contribution is 0.187. The molecule has 110 valence electrons. The molecular weight excluding hydrogens is 290 g/mol. The number of fused-ring (bicyclic) bond motifs is 1. The Morgan fingerprint density at radius 2 is 2.05 bits per heavy atom. The van der Waals surface area contributed by atoms with Crippen molar-refractivity contribution in [1.82, 2.24) is 10.3 Å². The molecule has 0 aliphatic carbocycles. The summed E-state index contributed by atoms with van der Waals surface area (Å²) in [4.78, 5) is 17.3. The molecule has 0 spiro atoms. The van der Waals surface area contributed by atoms with E-state index in [1.165, 1.54) is 0 Å². The summed E-state index contributed by atoms with van der Waals surface area (Å²) in [5, 5.41) is 13.9. The monoisotopic (exact) mass is 305 g/mol. The third-order valence-corrected chi connectivity index (χ3v) is 4.00. The van der Waals surface area contributed by atoms with Crippen molar-refractivity contribution in [3.8, 4) is 0 Å². The molecule has 1 aromatic carbocycles. The number of piperidine rings is 1. The minimum absolute atomic E-state index is 0.0178. The van der Waals surface area contributed by atoms with E-state index in [9.17, 15) is 4.79 Å². The highest BCUT2D eigenvalue weighted by atomic mass is 35.5. The van der Waals surface area contributed by atoms with E-state index in [0.717, 1.165) is 42.5 Å². The number of carbonyl (C=O) groups is 1. The molecule has 1 saturated heterocycles. The minimum atomic E-state index is -0.959. The number of halogens is 1. The molecular formula is C15H16ClN3O2. The quantitative estimate of drug-likeness (QED) is 0.837. The molecule has 0 atom stereocenters. The fraction of sp³-hybridized carbons (Fsp3) is 0.333. The lowest BCUT2D eigenvalue weighted by Gasteiger charge is -2.33. The summed E-state index contributed by atoms with van der Waals surface area (Å²) in [6.45, 7) is 1.53. The molecule has 1 aliphatic heterocycles. The highest BCUT2D eigenvalue weighted by Crippen LogP contribution is 2.29. The zero-order valence-electron chi connectivity index (χ0n) is 11.4. The Kier molecular flexibility index (Phi) is 3.84. The van der Waals surface area contributed by atoms with Gasteiger partial charge in [-0.05, 0) is 24.3 Å². The van der Waals surface area contributed by atoms with Crippen LogP contribution in [0.5, 0.6) is 0 Å². The Balaban J connectivity index is 1.84. The Labute approximate surface area is 127 Å². The third kappa shape index (κ3) is 3.03. The minimum Gasteiger partial charge on any atom is -0.465 e. The number of aromatic nitrogens is 1. The zero-order valence-corrected chi connectivity index (χ0v) is 12.2. The second kappa shape index (κ2) is 5.77. The fourth-order valence-corrected chi connectivity index (χ4v) is 3.00. The average Bonchev–Trinajstić information content (AvgIpc) is 2.46. The Hall–Kier alpha value is -2.01. The standard InChI is InChI=1S/C15H16ClN3O2/c16-13-9-10-3-1-2-4-12(10)14(18-13)19-7-5-11(6-8-19)17-15(20)21/h1-4,9,11,17H,5-8H2,(H,20,21). The van der Waals surface area contributed by atoms with E-state index in [0.29, 0.717) is 5.15 Å². The van der Waals surface area contributed by atoms with Crippen molar-refractivity contribution in [3.05, 3.63) is 35.5 Å². The molecule has 0 radical (unpaired) electrons. The van der Waals surface area contributed by atoms with E-state index < -0.39 is 6.09 Å². The SMILES string of the molecule is O=C(O)NC1CCN(c2nc(Cl)cc3ccccc23)CC1. The van der Waals surface area contributed by atoms with Crippen LogP contribution >= 0.6 is 11.6 Å². The summed E-state index contributed by atoms with van der Waals surface area (Å²) in [6, 6.07) is 9.90. The van der Waals surface area contributed by atoms with Gasteiger partial charge in [-0.1, -0.05) is 35.9 Å². The summed E-state index contributed by atoms with van der Waals surface area (Å²) < 4.78 is 0. The van der Waals surface area contributed by atoms with Gasteiger partial charge in [0.1, 0.15) is 11.0 Å². The van der Waals surface area contributed by atoms with Crippen LogP contribution in [0.3, 0.4) is 0 Å². The number of hydrogen-bond acceptors (Lipinski definition) is 3. The predicted molar refractivity (Wildman–Crippen MR) is 83.1 cm³/mol. The largest absolute Gasteiger partial charge is 0.465 e. The molecule has 2 aromatic rings. The summed E-state index contributed by atoms with van der Waals surface area (Å²) in [5.41, 5.74) is 0. The van der Waals surface area contributed by atoms with Gasteiger partial charge in [0.2, 0.25) is 0 Å². The van der Waals surface area contributed by atoms with Crippen LogP contribution in [0.1, 0.15) is 12.8 Å². The van der Waals surface area contributed by atoms with Gasteiger partial charge in [-0.25, -0.2) is 9.78 Å². The molecule has 0 saturated carbocycles. The van der Waals surface area contributed by atoms with Crippen LogP contribution in [-0.4, -0.2) is 35.3 Å². The van der Waals surface area contributed by atoms with Gasteiger partial charge >= 0.3 is 6.09 Å². The van der Waals surface area contributed by atoms with Crippen molar-refractivity contribution in [2.45, 2.75) is 18.9 Å². The van der Waals surface area contributed by atoms with Crippen LogP contribution in [-0.2, 0) is 0 Å². The highest BCUT2D eigenvalue weighted by molar-refractivity contribution is 6.30. The van der Waals surface area contributed by atoms with E-state index in [1.807, 2.05) is 30.3 Å². The zero-order chi connectivity index (χ0) is 14.8. The summed E-state index contributed by atoms with van der Waals surface area (Å²) in [6.07, 6.45) is 0.587.